The molecule has 6 heteroatoms. The van der Waals surface area contributed by atoms with Gasteiger partial charge in [-0.25, -0.2) is 14.6 Å². The first-order valence-corrected chi connectivity index (χ1v) is 9.44. The van der Waals surface area contributed by atoms with Crippen molar-refractivity contribution in [3.05, 3.63) is 46.3 Å². The molecule has 0 N–H and O–H groups in total. The van der Waals surface area contributed by atoms with Gasteiger partial charge in [-0.05, 0) is 25.0 Å². The van der Waals surface area contributed by atoms with Gasteiger partial charge in [0.15, 0.2) is 0 Å². The van der Waals surface area contributed by atoms with E-state index in [-0.39, 0.29) is 17.0 Å². The first kappa shape index (κ1) is 18.5. The molecule has 26 heavy (non-hydrogen) atoms. The molecule has 0 aliphatic carbocycles. The fourth-order valence-corrected chi connectivity index (χ4v) is 3.31. The predicted octanol–water partition coefficient (Wildman–Crippen LogP) is 3.12. The highest BCUT2D eigenvalue weighted by atomic mass is 16.1. The lowest BCUT2D eigenvalue weighted by atomic mass is 9.92. The molecular formula is C20H29N5O. The second-order valence-corrected chi connectivity index (χ2v) is 8.41. The zero-order chi connectivity index (χ0) is 18.9. The van der Waals surface area contributed by atoms with Gasteiger partial charge in [0.1, 0.15) is 11.6 Å². The number of aromatic nitrogens is 4. The Bertz CT molecular complexity index is 821. The first-order chi connectivity index (χ1) is 12.3. The number of rotatable bonds is 4. The molecule has 2 aromatic rings. The molecule has 0 bridgehead atoms. The number of anilines is 1. The van der Waals surface area contributed by atoms with Gasteiger partial charge < -0.3 is 4.90 Å². The topological polar surface area (TPSA) is 63.9 Å². The van der Waals surface area contributed by atoms with E-state index in [1.54, 1.807) is 10.7 Å². The van der Waals surface area contributed by atoms with Crippen molar-refractivity contribution in [2.75, 3.05) is 11.4 Å². The third kappa shape index (κ3) is 3.94. The van der Waals surface area contributed by atoms with Crippen LogP contribution >= 0.6 is 0 Å². The van der Waals surface area contributed by atoms with Crippen LogP contribution in [0.4, 0.5) is 5.82 Å². The molecule has 140 valence electrons. The molecule has 1 fully saturated rings. The second kappa shape index (κ2) is 7.17. The monoisotopic (exact) mass is 355 g/mol. The third-order valence-corrected chi connectivity index (χ3v) is 4.87. The fourth-order valence-electron chi connectivity index (χ4n) is 3.31. The van der Waals surface area contributed by atoms with E-state index in [0.717, 1.165) is 36.7 Å². The highest BCUT2D eigenvalue weighted by Crippen LogP contribution is 2.26. The van der Waals surface area contributed by atoms with Crippen molar-refractivity contribution in [2.24, 2.45) is 0 Å². The first-order valence-electron chi connectivity index (χ1n) is 9.44. The predicted molar refractivity (Wildman–Crippen MR) is 104 cm³/mol. The minimum absolute atomic E-state index is 0.0459. The number of nitrogens with zero attached hydrogens (tertiary/aromatic N) is 5. The van der Waals surface area contributed by atoms with Crippen LogP contribution in [0.5, 0.6) is 0 Å². The smallest absolute Gasteiger partial charge is 0.266 e. The summed E-state index contributed by atoms with van der Waals surface area (Å²) < 4.78 is 1.62. The third-order valence-electron chi connectivity index (χ3n) is 4.87. The van der Waals surface area contributed by atoms with Crippen LogP contribution < -0.4 is 10.5 Å². The largest absolute Gasteiger partial charge is 0.352 e. The van der Waals surface area contributed by atoms with E-state index in [1.807, 2.05) is 18.3 Å². The minimum Gasteiger partial charge on any atom is -0.352 e. The zero-order valence-corrected chi connectivity index (χ0v) is 16.4. The van der Waals surface area contributed by atoms with E-state index in [4.69, 9.17) is 4.98 Å². The molecular weight excluding hydrogens is 326 g/mol. The molecule has 1 atom stereocenters. The molecule has 0 spiro atoms. The van der Waals surface area contributed by atoms with Crippen LogP contribution in [0.2, 0.25) is 0 Å². The van der Waals surface area contributed by atoms with Crippen molar-refractivity contribution < 1.29 is 0 Å². The summed E-state index contributed by atoms with van der Waals surface area (Å²) in [6.07, 6.45) is 3.96. The molecule has 0 aromatic carbocycles. The Morgan fingerprint density at radius 3 is 2.69 bits per heavy atom. The van der Waals surface area contributed by atoms with E-state index in [0.29, 0.717) is 12.5 Å². The summed E-state index contributed by atoms with van der Waals surface area (Å²) in [5.41, 5.74) is 0.810. The summed E-state index contributed by atoms with van der Waals surface area (Å²) in [6, 6.07) is 5.66. The fraction of sp³-hybridized carbons (Fsp3) is 0.600. The highest BCUT2D eigenvalue weighted by Gasteiger charge is 2.27. The highest BCUT2D eigenvalue weighted by molar-refractivity contribution is 5.40. The quantitative estimate of drug-likeness (QED) is 0.843. The van der Waals surface area contributed by atoms with Gasteiger partial charge in [0.2, 0.25) is 0 Å². The lowest BCUT2D eigenvalue weighted by molar-refractivity contribution is 0.456. The Labute approximate surface area is 155 Å². The van der Waals surface area contributed by atoms with Gasteiger partial charge in [0, 0.05) is 30.1 Å². The summed E-state index contributed by atoms with van der Waals surface area (Å²) in [6.45, 7) is 12.1. The molecule has 3 rings (SSSR count). The lowest BCUT2D eigenvalue weighted by Crippen LogP contribution is -2.38. The van der Waals surface area contributed by atoms with E-state index in [1.165, 1.54) is 0 Å². The zero-order valence-electron chi connectivity index (χ0n) is 16.4. The van der Waals surface area contributed by atoms with Gasteiger partial charge in [-0.1, -0.05) is 34.6 Å². The summed E-state index contributed by atoms with van der Waals surface area (Å²) in [5.74, 6) is 2.10. The summed E-state index contributed by atoms with van der Waals surface area (Å²) in [5, 5.41) is 4.63. The maximum absolute atomic E-state index is 12.3. The Kier molecular flexibility index (Phi) is 5.12. The Balaban J connectivity index is 1.86. The van der Waals surface area contributed by atoms with Crippen LogP contribution in [0, 0.1) is 0 Å². The normalized spacial score (nSPS) is 17.9. The van der Waals surface area contributed by atoms with Crippen LogP contribution in [-0.2, 0) is 12.0 Å². The Hall–Kier alpha value is -2.24. The maximum atomic E-state index is 12.3. The average molecular weight is 355 g/mol. The van der Waals surface area contributed by atoms with Gasteiger partial charge in [-0.2, -0.15) is 5.10 Å². The SMILES string of the molecule is CC(C)c1nccc(N2CCCC2Cn2nc(C(C)(C)C)ccc2=O)n1. The van der Waals surface area contributed by atoms with Crippen LogP contribution in [0.3, 0.4) is 0 Å². The van der Waals surface area contributed by atoms with Crippen LogP contribution in [0.25, 0.3) is 0 Å². The van der Waals surface area contributed by atoms with Crippen molar-refractivity contribution in [2.45, 2.75) is 71.4 Å². The molecule has 1 aliphatic heterocycles. The summed E-state index contributed by atoms with van der Waals surface area (Å²) in [7, 11) is 0. The van der Waals surface area contributed by atoms with Crippen molar-refractivity contribution in [1.82, 2.24) is 19.7 Å². The van der Waals surface area contributed by atoms with E-state index >= 15 is 0 Å². The average Bonchev–Trinajstić information content (AvgIpc) is 3.04. The van der Waals surface area contributed by atoms with Crippen LogP contribution in [0.1, 0.15) is 64.9 Å². The lowest BCUT2D eigenvalue weighted by Gasteiger charge is -2.27. The molecule has 1 saturated heterocycles. The standard InChI is InChI=1S/C20H29N5O/c1-14(2)19-21-11-10-17(22-19)24-12-6-7-15(24)13-25-18(26)9-8-16(23-25)20(3,4)5/h8-11,14-15H,6-7,12-13H2,1-5H3. The van der Waals surface area contributed by atoms with E-state index in [9.17, 15) is 4.79 Å². The second-order valence-electron chi connectivity index (χ2n) is 8.41. The van der Waals surface area contributed by atoms with Gasteiger partial charge in [0.05, 0.1) is 18.3 Å². The number of hydrogen-bond donors (Lipinski definition) is 0. The molecule has 0 saturated carbocycles. The van der Waals surface area contributed by atoms with Crippen LogP contribution in [-0.4, -0.2) is 32.3 Å². The summed E-state index contributed by atoms with van der Waals surface area (Å²) >= 11 is 0. The molecule has 1 aliphatic rings. The molecule has 0 amide bonds. The minimum atomic E-state index is -0.0797. The van der Waals surface area contributed by atoms with E-state index in [2.05, 4.69) is 49.6 Å². The molecule has 2 aromatic heterocycles. The molecule has 1 unspecified atom stereocenters. The number of hydrogen-bond acceptors (Lipinski definition) is 5. The van der Waals surface area contributed by atoms with Crippen molar-refractivity contribution in [3.63, 3.8) is 0 Å². The van der Waals surface area contributed by atoms with Crippen molar-refractivity contribution >= 4 is 5.82 Å². The maximum Gasteiger partial charge on any atom is 0.266 e. The Morgan fingerprint density at radius 1 is 1.23 bits per heavy atom. The summed E-state index contributed by atoms with van der Waals surface area (Å²) in [4.78, 5) is 23.7. The Morgan fingerprint density at radius 2 is 2.00 bits per heavy atom. The van der Waals surface area contributed by atoms with Crippen LogP contribution in [0.15, 0.2) is 29.2 Å². The van der Waals surface area contributed by atoms with E-state index < -0.39 is 0 Å². The van der Waals surface area contributed by atoms with Gasteiger partial charge in [-0.3, -0.25) is 4.79 Å². The molecule has 3 heterocycles. The van der Waals surface area contributed by atoms with Gasteiger partial charge in [-0.15, -0.1) is 0 Å². The molecule has 6 nitrogen and oxygen atoms in total. The van der Waals surface area contributed by atoms with Crippen molar-refractivity contribution in [1.29, 1.82) is 0 Å². The van der Waals surface area contributed by atoms with Crippen molar-refractivity contribution in [3.8, 4) is 0 Å². The van der Waals surface area contributed by atoms with Gasteiger partial charge in [0.25, 0.3) is 5.56 Å². The van der Waals surface area contributed by atoms with Gasteiger partial charge >= 0.3 is 0 Å². The molecule has 0 radical (unpaired) electrons.